The molecule has 0 saturated heterocycles. The van der Waals surface area contributed by atoms with Crippen molar-refractivity contribution in [3.05, 3.63) is 40.6 Å². The van der Waals surface area contributed by atoms with Gasteiger partial charge in [-0.25, -0.2) is 9.59 Å². The molecule has 8 heteroatoms. The highest BCUT2D eigenvalue weighted by molar-refractivity contribution is 6.04. The Morgan fingerprint density at radius 3 is 2.42 bits per heavy atom. The van der Waals surface area contributed by atoms with Crippen LogP contribution in [0.4, 0.5) is 5.69 Å². The highest BCUT2D eigenvalue weighted by atomic mass is 16.5. The second-order valence-corrected chi connectivity index (χ2v) is 5.08. The second kappa shape index (κ2) is 7.14. The molecule has 0 bridgehead atoms. The lowest BCUT2D eigenvalue weighted by Gasteiger charge is -2.32. The van der Waals surface area contributed by atoms with Crippen LogP contribution in [0.5, 0.6) is 0 Å². The highest BCUT2D eigenvalue weighted by Gasteiger charge is 2.33. The Balaban J connectivity index is 2.63. The van der Waals surface area contributed by atoms with Crippen molar-refractivity contribution in [2.45, 2.75) is 6.92 Å². The van der Waals surface area contributed by atoms with Gasteiger partial charge in [0, 0.05) is 11.3 Å². The molecule has 1 heterocycles. The zero-order valence-electron chi connectivity index (χ0n) is 13.6. The molecule has 0 fully saturated rings. The average Bonchev–Trinajstić information content (AvgIpc) is 2.59. The number of benzene rings is 1. The third-order valence-corrected chi connectivity index (χ3v) is 3.62. The number of hydrogen-bond donors (Lipinski definition) is 1. The van der Waals surface area contributed by atoms with E-state index in [1.165, 1.54) is 25.2 Å². The zero-order chi connectivity index (χ0) is 17.9. The molecule has 1 aliphatic heterocycles. The van der Waals surface area contributed by atoms with Gasteiger partial charge in [0.1, 0.15) is 12.4 Å². The number of primary amides is 1. The number of esters is 2. The molecule has 2 rings (SSSR count). The van der Waals surface area contributed by atoms with Gasteiger partial charge in [0.05, 0.1) is 26.4 Å². The molecule has 1 aromatic carbocycles. The lowest BCUT2D eigenvalue weighted by Crippen LogP contribution is -2.39. The van der Waals surface area contributed by atoms with E-state index >= 15 is 0 Å². The van der Waals surface area contributed by atoms with Crippen molar-refractivity contribution in [2.24, 2.45) is 5.73 Å². The number of carbonyl (C=O) groups is 3. The molecule has 2 N–H and O–H groups in total. The lowest BCUT2D eigenvalue weighted by molar-refractivity contribution is -0.140. The summed E-state index contributed by atoms with van der Waals surface area (Å²) >= 11 is 0. The van der Waals surface area contributed by atoms with Crippen molar-refractivity contribution in [1.29, 1.82) is 0 Å². The summed E-state index contributed by atoms with van der Waals surface area (Å²) in [5.41, 5.74) is 6.90. The number of aryl methyl sites for hydroxylation is 1. The summed E-state index contributed by atoms with van der Waals surface area (Å²) in [4.78, 5) is 37.1. The van der Waals surface area contributed by atoms with E-state index in [-0.39, 0.29) is 30.2 Å². The SMILES string of the molecule is COC(=O)C1=C(C(=O)OC)N(c2cc(C(N)=O)ccc2C)COC1. The van der Waals surface area contributed by atoms with Crippen molar-refractivity contribution < 1.29 is 28.6 Å². The molecule has 0 radical (unpaired) electrons. The number of nitrogens with two attached hydrogens (primary N) is 1. The highest BCUT2D eigenvalue weighted by Crippen LogP contribution is 2.30. The molecule has 0 spiro atoms. The molecule has 128 valence electrons. The third kappa shape index (κ3) is 3.23. The van der Waals surface area contributed by atoms with Gasteiger partial charge < -0.3 is 24.8 Å². The Morgan fingerprint density at radius 1 is 1.17 bits per heavy atom. The fourth-order valence-corrected chi connectivity index (χ4v) is 2.39. The van der Waals surface area contributed by atoms with Crippen LogP contribution >= 0.6 is 0 Å². The van der Waals surface area contributed by atoms with E-state index in [9.17, 15) is 14.4 Å². The van der Waals surface area contributed by atoms with Gasteiger partial charge >= 0.3 is 11.9 Å². The molecule has 0 unspecified atom stereocenters. The van der Waals surface area contributed by atoms with Gasteiger partial charge in [-0.2, -0.15) is 0 Å². The molecule has 0 atom stereocenters. The minimum absolute atomic E-state index is 0.00792. The number of amides is 1. The summed E-state index contributed by atoms with van der Waals surface area (Å²) < 4.78 is 14.9. The third-order valence-electron chi connectivity index (χ3n) is 3.62. The number of ether oxygens (including phenoxy) is 3. The van der Waals surface area contributed by atoms with Crippen LogP contribution in [0.2, 0.25) is 0 Å². The molecule has 1 amide bonds. The minimum Gasteiger partial charge on any atom is -0.466 e. The van der Waals surface area contributed by atoms with Crippen molar-refractivity contribution in [2.75, 3.05) is 32.5 Å². The van der Waals surface area contributed by atoms with E-state index in [1.807, 2.05) is 0 Å². The Kier molecular flexibility index (Phi) is 5.20. The second-order valence-electron chi connectivity index (χ2n) is 5.08. The fraction of sp³-hybridized carbons (Fsp3) is 0.312. The summed E-state index contributed by atoms with van der Waals surface area (Å²) in [5.74, 6) is -2.00. The van der Waals surface area contributed by atoms with Gasteiger partial charge in [-0.1, -0.05) is 6.07 Å². The maximum absolute atomic E-state index is 12.2. The van der Waals surface area contributed by atoms with Crippen molar-refractivity contribution in [3.8, 4) is 0 Å². The number of nitrogens with zero attached hydrogens (tertiary/aromatic N) is 1. The van der Waals surface area contributed by atoms with E-state index in [0.717, 1.165) is 5.56 Å². The summed E-state index contributed by atoms with van der Waals surface area (Å²) in [6.45, 7) is 1.72. The van der Waals surface area contributed by atoms with Gasteiger partial charge in [0.15, 0.2) is 0 Å². The first-order valence-corrected chi connectivity index (χ1v) is 7.06. The first-order valence-electron chi connectivity index (χ1n) is 7.06. The van der Waals surface area contributed by atoms with E-state index in [0.29, 0.717) is 5.69 Å². The summed E-state index contributed by atoms with van der Waals surface area (Å²) in [5, 5.41) is 0. The quantitative estimate of drug-likeness (QED) is 0.798. The van der Waals surface area contributed by atoms with E-state index in [4.69, 9.17) is 19.9 Å². The van der Waals surface area contributed by atoms with Gasteiger partial charge in [-0.3, -0.25) is 4.79 Å². The predicted molar refractivity (Wildman–Crippen MR) is 84.1 cm³/mol. The number of anilines is 1. The van der Waals surface area contributed by atoms with Crippen LogP contribution in [0.3, 0.4) is 0 Å². The minimum atomic E-state index is -0.706. The molecule has 1 aromatic rings. The average molecular weight is 334 g/mol. The van der Waals surface area contributed by atoms with Crippen LogP contribution in [0.15, 0.2) is 29.5 Å². The summed E-state index contributed by atoms with van der Waals surface area (Å²) in [7, 11) is 2.42. The van der Waals surface area contributed by atoms with E-state index < -0.39 is 17.8 Å². The van der Waals surface area contributed by atoms with Gasteiger partial charge in [-0.05, 0) is 24.6 Å². The zero-order valence-corrected chi connectivity index (χ0v) is 13.6. The number of methoxy groups -OCH3 is 2. The molecule has 8 nitrogen and oxygen atoms in total. The standard InChI is InChI=1S/C16H18N2O6/c1-9-4-5-10(14(17)19)6-12(9)18-8-24-7-11(15(20)22-2)13(18)16(21)23-3/h4-6H,7-8H2,1-3H3,(H2,17,19). The Bertz CT molecular complexity index is 725. The number of rotatable bonds is 4. The van der Waals surface area contributed by atoms with Crippen molar-refractivity contribution in [3.63, 3.8) is 0 Å². The maximum Gasteiger partial charge on any atom is 0.355 e. The van der Waals surface area contributed by atoms with E-state index in [2.05, 4.69) is 0 Å². The van der Waals surface area contributed by atoms with Gasteiger partial charge in [0.25, 0.3) is 0 Å². The topological polar surface area (TPSA) is 108 Å². The monoisotopic (exact) mass is 334 g/mol. The molecule has 0 aliphatic carbocycles. The molecule has 0 aromatic heterocycles. The summed E-state index contributed by atoms with van der Waals surface area (Å²) in [6, 6.07) is 4.80. The van der Waals surface area contributed by atoms with Crippen LogP contribution in [-0.2, 0) is 23.8 Å². The van der Waals surface area contributed by atoms with Crippen molar-refractivity contribution in [1.82, 2.24) is 0 Å². The normalized spacial score (nSPS) is 14.4. The molecule has 0 saturated carbocycles. The first kappa shape index (κ1) is 17.5. The lowest BCUT2D eigenvalue weighted by atomic mass is 10.1. The van der Waals surface area contributed by atoms with E-state index in [1.54, 1.807) is 19.1 Å². The Labute approximate surface area is 138 Å². The van der Waals surface area contributed by atoms with Crippen LogP contribution in [-0.4, -0.2) is 45.4 Å². The van der Waals surface area contributed by atoms with Gasteiger partial charge in [0.2, 0.25) is 5.91 Å². The molecular formula is C16H18N2O6. The first-order chi connectivity index (χ1) is 11.4. The Morgan fingerprint density at radius 2 is 1.83 bits per heavy atom. The molecule has 24 heavy (non-hydrogen) atoms. The van der Waals surface area contributed by atoms with Crippen LogP contribution in [0.25, 0.3) is 0 Å². The molecule has 1 aliphatic rings. The van der Waals surface area contributed by atoms with Gasteiger partial charge in [-0.15, -0.1) is 0 Å². The van der Waals surface area contributed by atoms with Crippen LogP contribution in [0, 0.1) is 6.92 Å². The number of carbonyl (C=O) groups excluding carboxylic acids is 3. The fourth-order valence-electron chi connectivity index (χ4n) is 2.39. The predicted octanol–water partition coefficient (Wildman–Crippen LogP) is 0.488. The largest absolute Gasteiger partial charge is 0.466 e. The van der Waals surface area contributed by atoms with Crippen LogP contribution < -0.4 is 10.6 Å². The van der Waals surface area contributed by atoms with Crippen LogP contribution in [0.1, 0.15) is 15.9 Å². The smallest absolute Gasteiger partial charge is 0.355 e. The summed E-state index contributed by atoms with van der Waals surface area (Å²) in [6.07, 6.45) is 0. The molecular weight excluding hydrogens is 316 g/mol. The number of hydrogen-bond acceptors (Lipinski definition) is 7. The van der Waals surface area contributed by atoms with Crippen molar-refractivity contribution >= 4 is 23.5 Å². The Hall–Kier alpha value is -2.87. The maximum atomic E-state index is 12.2.